The van der Waals surface area contributed by atoms with Gasteiger partial charge in [-0.15, -0.1) is 0 Å². The first-order chi connectivity index (χ1) is 9.59. The van der Waals surface area contributed by atoms with Gasteiger partial charge >= 0.3 is 0 Å². The lowest BCUT2D eigenvalue weighted by Gasteiger charge is -2.26. The van der Waals surface area contributed by atoms with Gasteiger partial charge in [0, 0.05) is 4.91 Å². The summed E-state index contributed by atoms with van der Waals surface area (Å²) in [6, 6.07) is 7.44. The Hall–Kier alpha value is -1.71. The summed E-state index contributed by atoms with van der Waals surface area (Å²) in [4.78, 5) is 2.73. The third-order valence-corrected chi connectivity index (χ3v) is 3.96. The molecule has 1 aromatic rings. The predicted molar refractivity (Wildman–Crippen MR) is 77.5 cm³/mol. The Balaban J connectivity index is 2.16. The maximum absolute atomic E-state index is 10.6. The average Bonchev–Trinajstić information content (AvgIpc) is 3.29. The standard InChI is InChI=1S/C15H21N3O2/c1-3-15(19,10-17-18-16)13-5-4-6-14(9-13)20-11(2)12-7-8-12/h4-6,9,11-12,19H,3,7-8,10H2,1-2H3/t11?,15-/m1/s1. The zero-order valence-corrected chi connectivity index (χ0v) is 12.0. The van der Waals surface area contributed by atoms with Crippen LogP contribution in [0.3, 0.4) is 0 Å². The first kappa shape index (κ1) is 14.7. The van der Waals surface area contributed by atoms with Gasteiger partial charge in [-0.05, 0) is 55.3 Å². The Morgan fingerprint density at radius 2 is 2.30 bits per heavy atom. The van der Waals surface area contributed by atoms with Crippen LogP contribution < -0.4 is 4.74 Å². The van der Waals surface area contributed by atoms with Crippen molar-refractivity contribution in [3.63, 3.8) is 0 Å². The van der Waals surface area contributed by atoms with Crippen LogP contribution in [0.5, 0.6) is 5.75 Å². The number of rotatable bonds is 7. The van der Waals surface area contributed by atoms with Crippen molar-refractivity contribution in [1.29, 1.82) is 0 Å². The quantitative estimate of drug-likeness (QED) is 0.467. The van der Waals surface area contributed by atoms with Gasteiger partial charge < -0.3 is 9.84 Å². The number of aliphatic hydroxyl groups is 1. The first-order valence-corrected chi connectivity index (χ1v) is 7.09. The molecule has 1 fully saturated rings. The summed E-state index contributed by atoms with van der Waals surface area (Å²) in [5.74, 6) is 1.42. The van der Waals surface area contributed by atoms with E-state index < -0.39 is 5.60 Å². The number of hydrogen-bond acceptors (Lipinski definition) is 3. The molecule has 0 bridgehead atoms. The second-order valence-corrected chi connectivity index (χ2v) is 5.46. The third kappa shape index (κ3) is 3.44. The molecule has 2 atom stereocenters. The average molecular weight is 275 g/mol. The van der Waals surface area contributed by atoms with Gasteiger partial charge in [0.1, 0.15) is 5.75 Å². The Morgan fingerprint density at radius 3 is 2.90 bits per heavy atom. The highest BCUT2D eigenvalue weighted by atomic mass is 16.5. The molecule has 5 nitrogen and oxygen atoms in total. The van der Waals surface area contributed by atoms with Crippen molar-refractivity contribution >= 4 is 0 Å². The molecule has 20 heavy (non-hydrogen) atoms. The Bertz CT molecular complexity index is 510. The summed E-state index contributed by atoms with van der Waals surface area (Å²) < 4.78 is 5.91. The molecule has 1 N–H and O–H groups in total. The summed E-state index contributed by atoms with van der Waals surface area (Å²) in [5, 5.41) is 14.1. The van der Waals surface area contributed by atoms with Crippen molar-refractivity contribution in [2.75, 3.05) is 6.54 Å². The molecule has 108 valence electrons. The smallest absolute Gasteiger partial charge is 0.120 e. The van der Waals surface area contributed by atoms with Crippen LogP contribution in [0.4, 0.5) is 0 Å². The van der Waals surface area contributed by atoms with Crippen LogP contribution in [0, 0.1) is 5.92 Å². The normalized spacial score (nSPS) is 18.8. The lowest BCUT2D eigenvalue weighted by Crippen LogP contribution is -2.28. The summed E-state index contributed by atoms with van der Waals surface area (Å²) in [7, 11) is 0. The fourth-order valence-corrected chi connectivity index (χ4v) is 2.29. The lowest BCUT2D eigenvalue weighted by molar-refractivity contribution is 0.0415. The van der Waals surface area contributed by atoms with Crippen LogP contribution in [0.25, 0.3) is 10.4 Å². The zero-order valence-electron chi connectivity index (χ0n) is 12.0. The number of hydrogen-bond donors (Lipinski definition) is 1. The molecular weight excluding hydrogens is 254 g/mol. The molecule has 1 saturated carbocycles. The van der Waals surface area contributed by atoms with Crippen molar-refractivity contribution < 1.29 is 9.84 Å². The highest BCUT2D eigenvalue weighted by molar-refractivity contribution is 5.33. The van der Waals surface area contributed by atoms with Gasteiger partial charge in [-0.3, -0.25) is 0 Å². The largest absolute Gasteiger partial charge is 0.490 e. The van der Waals surface area contributed by atoms with E-state index in [1.807, 2.05) is 31.2 Å². The number of ether oxygens (including phenoxy) is 1. The molecule has 1 unspecified atom stereocenters. The highest BCUT2D eigenvalue weighted by Crippen LogP contribution is 2.35. The van der Waals surface area contributed by atoms with E-state index >= 15 is 0 Å². The van der Waals surface area contributed by atoms with E-state index in [0.717, 1.165) is 11.3 Å². The second kappa shape index (κ2) is 6.16. The molecule has 0 radical (unpaired) electrons. The Labute approximate surface area is 119 Å². The van der Waals surface area contributed by atoms with E-state index in [0.29, 0.717) is 12.3 Å². The van der Waals surface area contributed by atoms with Crippen LogP contribution in [-0.4, -0.2) is 17.8 Å². The molecule has 2 rings (SSSR count). The minimum atomic E-state index is -1.13. The van der Waals surface area contributed by atoms with Crippen molar-refractivity contribution in [2.45, 2.75) is 44.8 Å². The van der Waals surface area contributed by atoms with Gasteiger partial charge in [0.2, 0.25) is 0 Å². The molecule has 0 aromatic heterocycles. The summed E-state index contributed by atoms with van der Waals surface area (Å²) >= 11 is 0. The summed E-state index contributed by atoms with van der Waals surface area (Å²) in [6.45, 7) is 3.98. The number of azide groups is 1. The minimum Gasteiger partial charge on any atom is -0.490 e. The van der Waals surface area contributed by atoms with Gasteiger partial charge in [0.15, 0.2) is 0 Å². The number of benzene rings is 1. The van der Waals surface area contributed by atoms with Crippen molar-refractivity contribution in [3.8, 4) is 5.75 Å². The fourth-order valence-electron chi connectivity index (χ4n) is 2.29. The predicted octanol–water partition coefficient (Wildman–Crippen LogP) is 3.77. The molecule has 1 aliphatic carbocycles. The van der Waals surface area contributed by atoms with Gasteiger partial charge in [-0.1, -0.05) is 24.2 Å². The maximum Gasteiger partial charge on any atom is 0.120 e. The molecule has 0 saturated heterocycles. The minimum absolute atomic E-state index is 0.0294. The highest BCUT2D eigenvalue weighted by Gasteiger charge is 2.30. The van der Waals surface area contributed by atoms with E-state index in [1.165, 1.54) is 12.8 Å². The molecule has 5 heteroatoms. The van der Waals surface area contributed by atoms with Crippen molar-refractivity contribution in [2.24, 2.45) is 11.0 Å². The van der Waals surface area contributed by atoms with Crippen LogP contribution in [-0.2, 0) is 5.60 Å². The molecule has 0 amide bonds. The van der Waals surface area contributed by atoms with E-state index in [2.05, 4.69) is 16.9 Å². The van der Waals surface area contributed by atoms with E-state index in [-0.39, 0.29) is 12.6 Å². The van der Waals surface area contributed by atoms with Gasteiger partial charge in [0.05, 0.1) is 18.2 Å². The zero-order chi connectivity index (χ0) is 14.6. The molecular formula is C15H21N3O2. The van der Waals surface area contributed by atoms with Gasteiger partial charge in [0.25, 0.3) is 0 Å². The van der Waals surface area contributed by atoms with Crippen LogP contribution >= 0.6 is 0 Å². The second-order valence-electron chi connectivity index (χ2n) is 5.46. The van der Waals surface area contributed by atoms with Crippen LogP contribution in [0.1, 0.15) is 38.7 Å². The molecule has 0 spiro atoms. The number of nitrogens with zero attached hydrogens (tertiary/aromatic N) is 3. The van der Waals surface area contributed by atoms with Crippen LogP contribution in [0.15, 0.2) is 29.4 Å². The fraction of sp³-hybridized carbons (Fsp3) is 0.600. The Morgan fingerprint density at radius 1 is 1.55 bits per heavy atom. The van der Waals surface area contributed by atoms with Crippen molar-refractivity contribution in [1.82, 2.24) is 0 Å². The lowest BCUT2D eigenvalue weighted by atomic mass is 9.91. The van der Waals surface area contributed by atoms with Gasteiger partial charge in [-0.25, -0.2) is 0 Å². The van der Waals surface area contributed by atoms with Gasteiger partial charge in [-0.2, -0.15) is 0 Å². The van der Waals surface area contributed by atoms with E-state index in [4.69, 9.17) is 10.3 Å². The molecule has 1 aliphatic rings. The van der Waals surface area contributed by atoms with Crippen molar-refractivity contribution in [3.05, 3.63) is 40.3 Å². The topological polar surface area (TPSA) is 78.2 Å². The third-order valence-electron chi connectivity index (χ3n) is 3.96. The maximum atomic E-state index is 10.6. The first-order valence-electron chi connectivity index (χ1n) is 7.09. The van der Waals surface area contributed by atoms with E-state index in [9.17, 15) is 5.11 Å². The molecule has 1 aromatic carbocycles. The molecule has 0 aliphatic heterocycles. The van der Waals surface area contributed by atoms with E-state index in [1.54, 1.807) is 0 Å². The summed E-state index contributed by atoms with van der Waals surface area (Å²) in [5.41, 5.74) is 8.04. The monoisotopic (exact) mass is 275 g/mol. The molecule has 0 heterocycles. The SMILES string of the molecule is CC[C@@](O)(CN=[N+]=[N-])c1cccc(OC(C)C2CC2)c1. The van der Waals surface area contributed by atoms with Crippen LogP contribution in [0.2, 0.25) is 0 Å². The summed E-state index contributed by atoms with van der Waals surface area (Å²) in [6.07, 6.45) is 3.15. The Kier molecular flexibility index (Phi) is 4.53.